The van der Waals surface area contributed by atoms with Crippen LogP contribution in [0.2, 0.25) is 0 Å². The van der Waals surface area contributed by atoms with Crippen LogP contribution in [0.3, 0.4) is 0 Å². The summed E-state index contributed by atoms with van der Waals surface area (Å²) in [5, 5.41) is 0. The van der Waals surface area contributed by atoms with E-state index in [1.54, 1.807) is 0 Å². The summed E-state index contributed by atoms with van der Waals surface area (Å²) in [4.78, 5) is 10.2. The Bertz CT molecular complexity index is 491. The van der Waals surface area contributed by atoms with Crippen molar-refractivity contribution in [3.05, 3.63) is 0 Å². The molecule has 0 saturated heterocycles. The van der Waals surface area contributed by atoms with E-state index in [-0.39, 0.29) is 19.8 Å². The fraction of sp³-hybridized carbons (Fsp3) is 1.00. The highest BCUT2D eigenvalue weighted by Crippen LogP contribution is 2.44. The quantitative estimate of drug-likeness (QED) is 0.0631. The summed E-state index contributed by atoms with van der Waals surface area (Å²) in [7, 11) is 1.86. The molecule has 1 unspecified atom stereocenters. The number of rotatable bonds is 28. The van der Waals surface area contributed by atoms with Crippen molar-refractivity contribution in [1.82, 2.24) is 0 Å². The van der Waals surface area contributed by atoms with Crippen LogP contribution in [0.5, 0.6) is 0 Å². The molecule has 0 rings (SSSR count). The molecule has 0 fully saturated rings. The van der Waals surface area contributed by atoms with Crippen LogP contribution >= 0.6 is 7.82 Å². The van der Waals surface area contributed by atoms with Gasteiger partial charge in [0, 0.05) is 13.2 Å². The fourth-order valence-electron chi connectivity index (χ4n) is 3.86. The molecule has 0 amide bonds. The van der Waals surface area contributed by atoms with Gasteiger partial charge in [-0.3, -0.25) is 9.05 Å². The van der Waals surface area contributed by atoms with Crippen molar-refractivity contribution in [3.8, 4) is 0 Å². The van der Waals surface area contributed by atoms with Gasteiger partial charge in [-0.2, -0.15) is 0 Å². The average molecular weight is 539 g/mol. The Labute approximate surface area is 223 Å². The number of hydrogen-bond donors (Lipinski definition) is 1. The molecule has 0 radical (unpaired) electrons. The molecule has 0 aromatic heterocycles. The van der Waals surface area contributed by atoms with E-state index in [4.69, 9.17) is 18.5 Å². The first kappa shape index (κ1) is 36.0. The number of phosphoric ester groups is 1. The van der Waals surface area contributed by atoms with Crippen molar-refractivity contribution in [2.24, 2.45) is 0 Å². The van der Waals surface area contributed by atoms with Crippen LogP contribution in [0.15, 0.2) is 0 Å². The Hall–Kier alpha value is -0.0100. The normalized spacial score (nSPS) is 14.0. The van der Waals surface area contributed by atoms with Crippen LogP contribution in [0, 0.1) is 0 Å². The van der Waals surface area contributed by atoms with Crippen LogP contribution < -0.4 is 0 Å². The van der Waals surface area contributed by atoms with Crippen molar-refractivity contribution in [2.45, 2.75) is 123 Å². The van der Waals surface area contributed by atoms with Gasteiger partial charge in [0.1, 0.15) is 19.3 Å². The summed E-state index contributed by atoms with van der Waals surface area (Å²) in [6.45, 7) is 6.97. The first-order valence-electron chi connectivity index (χ1n) is 14.8. The van der Waals surface area contributed by atoms with E-state index >= 15 is 0 Å². The van der Waals surface area contributed by atoms with Crippen LogP contribution in [0.4, 0.5) is 0 Å². The molecule has 0 aliphatic rings. The lowest BCUT2D eigenvalue weighted by Crippen LogP contribution is -2.37. The Balaban J connectivity index is 4.23. The minimum atomic E-state index is -4.16. The van der Waals surface area contributed by atoms with Gasteiger partial charge in [0.15, 0.2) is 0 Å². The lowest BCUT2D eigenvalue weighted by molar-refractivity contribution is -0.870. The van der Waals surface area contributed by atoms with Gasteiger partial charge in [0.25, 0.3) is 0 Å². The van der Waals surface area contributed by atoms with E-state index < -0.39 is 13.9 Å². The summed E-state index contributed by atoms with van der Waals surface area (Å²) in [6, 6.07) is 0. The zero-order chi connectivity index (χ0) is 27.0. The zero-order valence-electron chi connectivity index (χ0n) is 24.5. The fourth-order valence-corrected chi connectivity index (χ4v) is 4.74. The van der Waals surface area contributed by atoms with Gasteiger partial charge in [-0.05, 0) is 12.8 Å². The second-order valence-electron chi connectivity index (χ2n) is 11.1. The van der Waals surface area contributed by atoms with Gasteiger partial charge in [-0.1, -0.05) is 104 Å². The number of ether oxygens (including phenoxy) is 2. The molecule has 0 heterocycles. The molecule has 0 spiro atoms. The van der Waals surface area contributed by atoms with Crippen LogP contribution in [0.25, 0.3) is 0 Å². The van der Waals surface area contributed by atoms with E-state index in [0.29, 0.717) is 24.2 Å². The van der Waals surface area contributed by atoms with Crippen LogP contribution in [-0.4, -0.2) is 76.2 Å². The number of hydrogen-bond acceptors (Lipinski definition) is 5. The lowest BCUT2D eigenvalue weighted by Gasteiger charge is -2.25. The van der Waals surface area contributed by atoms with Crippen LogP contribution in [0.1, 0.15) is 117 Å². The second kappa shape index (κ2) is 24.1. The molecular weight excluding hydrogens is 477 g/mol. The van der Waals surface area contributed by atoms with Gasteiger partial charge in [-0.25, -0.2) is 4.57 Å². The van der Waals surface area contributed by atoms with Crippen molar-refractivity contribution >= 4 is 7.82 Å². The average Bonchev–Trinajstić information content (AvgIpc) is 2.80. The molecule has 8 heteroatoms. The minimum Gasteiger partial charge on any atom is -0.379 e. The minimum absolute atomic E-state index is 0.155. The zero-order valence-corrected chi connectivity index (χ0v) is 25.4. The molecule has 0 saturated carbocycles. The van der Waals surface area contributed by atoms with E-state index in [9.17, 15) is 9.46 Å². The maximum atomic E-state index is 12.5. The van der Waals surface area contributed by atoms with Crippen molar-refractivity contribution < 1.29 is 32.5 Å². The number of likely N-dealkylation sites (N-methyl/N-ethyl adjacent to an activating group) is 1. The molecule has 1 atom stereocenters. The highest BCUT2D eigenvalue weighted by Gasteiger charge is 2.28. The van der Waals surface area contributed by atoms with E-state index in [1.807, 2.05) is 21.1 Å². The summed E-state index contributed by atoms with van der Waals surface area (Å²) >= 11 is 0. The first-order valence-corrected chi connectivity index (χ1v) is 16.3. The molecule has 7 nitrogen and oxygen atoms in total. The number of quaternary nitrogens is 1. The maximum absolute atomic E-state index is 12.5. The molecule has 218 valence electrons. The Morgan fingerprint density at radius 3 is 1.42 bits per heavy atom. The third-order valence-corrected chi connectivity index (χ3v) is 7.26. The van der Waals surface area contributed by atoms with Gasteiger partial charge in [-0.15, -0.1) is 0 Å². The summed E-state index contributed by atoms with van der Waals surface area (Å²) in [5.74, 6) is 0. The standard InChI is InChI=1S/C28H60NO6P/c1-6-8-10-12-14-16-18-20-23-32-26-28(35-36(30,31)34-25-22-29(3,4)5)27-33-24-21-19-17-15-13-11-9-7-2/h28H,6-27H2,1-5H3/p+1. The van der Waals surface area contributed by atoms with Crippen molar-refractivity contribution in [3.63, 3.8) is 0 Å². The molecule has 1 N–H and O–H groups in total. The second-order valence-corrected chi connectivity index (χ2v) is 12.5. The predicted molar refractivity (Wildman–Crippen MR) is 150 cm³/mol. The van der Waals surface area contributed by atoms with Gasteiger partial charge in [0.2, 0.25) is 0 Å². The predicted octanol–water partition coefficient (Wildman–Crippen LogP) is 7.51. The highest BCUT2D eigenvalue weighted by atomic mass is 31.2. The van der Waals surface area contributed by atoms with E-state index in [1.165, 1.54) is 77.0 Å². The van der Waals surface area contributed by atoms with E-state index in [2.05, 4.69) is 13.8 Å². The van der Waals surface area contributed by atoms with Crippen molar-refractivity contribution in [1.29, 1.82) is 0 Å². The third-order valence-electron chi connectivity index (χ3n) is 6.19. The monoisotopic (exact) mass is 538 g/mol. The molecule has 0 aromatic rings. The van der Waals surface area contributed by atoms with Gasteiger partial charge >= 0.3 is 7.82 Å². The van der Waals surface area contributed by atoms with Gasteiger partial charge in [0.05, 0.1) is 34.4 Å². The van der Waals surface area contributed by atoms with Crippen LogP contribution in [-0.2, 0) is 23.1 Å². The largest absolute Gasteiger partial charge is 0.472 e. The Morgan fingerprint density at radius 1 is 0.639 bits per heavy atom. The first-order chi connectivity index (χ1) is 17.2. The number of nitrogens with zero attached hydrogens (tertiary/aromatic N) is 1. The third kappa shape index (κ3) is 27.0. The highest BCUT2D eigenvalue weighted by molar-refractivity contribution is 7.47. The molecule has 0 aliphatic carbocycles. The molecule has 36 heavy (non-hydrogen) atoms. The number of unbranched alkanes of at least 4 members (excludes halogenated alkanes) is 14. The molecule has 0 aromatic carbocycles. The molecule has 0 aliphatic heterocycles. The Kier molecular flexibility index (Phi) is 24.1. The number of phosphoric acid groups is 1. The summed E-state index contributed by atoms with van der Waals surface area (Å²) in [5.41, 5.74) is 0. The smallest absolute Gasteiger partial charge is 0.379 e. The lowest BCUT2D eigenvalue weighted by atomic mass is 10.1. The molecular formula is C28H61NO6P+. The SMILES string of the molecule is CCCCCCCCCCOCC(COCCCCCCCCCC)OP(=O)(O)OCC[N+](C)(C)C. The summed E-state index contributed by atoms with van der Waals surface area (Å²) in [6.07, 6.45) is 19.3. The van der Waals surface area contributed by atoms with E-state index in [0.717, 1.165) is 25.7 Å². The summed E-state index contributed by atoms with van der Waals surface area (Å²) < 4.78 is 35.3. The Morgan fingerprint density at radius 2 is 1.03 bits per heavy atom. The molecule has 0 bridgehead atoms. The van der Waals surface area contributed by atoms with Crippen molar-refractivity contribution in [2.75, 3.05) is 60.7 Å². The topological polar surface area (TPSA) is 74.2 Å². The maximum Gasteiger partial charge on any atom is 0.472 e. The van der Waals surface area contributed by atoms with Gasteiger partial charge < -0.3 is 18.9 Å².